The van der Waals surface area contributed by atoms with E-state index in [4.69, 9.17) is 17.3 Å². The lowest BCUT2D eigenvalue weighted by Crippen LogP contribution is -2.29. The van der Waals surface area contributed by atoms with Crippen molar-refractivity contribution in [1.82, 2.24) is 4.90 Å². The predicted molar refractivity (Wildman–Crippen MR) is 113 cm³/mol. The van der Waals surface area contributed by atoms with E-state index < -0.39 is 5.97 Å². The number of amides is 1. The highest BCUT2D eigenvalue weighted by molar-refractivity contribution is 8.26. The molecule has 27 heavy (non-hydrogen) atoms. The summed E-state index contributed by atoms with van der Waals surface area (Å²) >= 11 is 6.53. The number of carboxylic acids is 1. The smallest absolute Gasteiger partial charge is 0.303 e. The molecule has 2 aromatic carbocycles. The topological polar surface area (TPSA) is 57.6 Å². The molecule has 0 spiro atoms. The Morgan fingerprint density at radius 1 is 1.19 bits per heavy atom. The molecule has 1 N–H and O–H groups in total. The normalized spacial score (nSPS) is 15.6. The first-order valence-electron chi connectivity index (χ1n) is 8.58. The van der Waals surface area contributed by atoms with Gasteiger partial charge in [-0.25, -0.2) is 0 Å². The molecule has 3 rings (SSSR count). The Morgan fingerprint density at radius 2 is 1.93 bits per heavy atom. The van der Waals surface area contributed by atoms with Gasteiger partial charge in [-0.1, -0.05) is 78.1 Å². The minimum atomic E-state index is -0.871. The van der Waals surface area contributed by atoms with Gasteiger partial charge in [-0.05, 0) is 36.1 Å². The van der Waals surface area contributed by atoms with Crippen LogP contribution in [-0.2, 0) is 9.59 Å². The van der Waals surface area contributed by atoms with Gasteiger partial charge in [0.15, 0.2) is 0 Å². The average molecular weight is 398 g/mol. The summed E-state index contributed by atoms with van der Waals surface area (Å²) in [6.07, 6.45) is 2.24. The molecule has 0 saturated carbocycles. The SMILES string of the molecule is Cc1cccc(-c2ccc(C=C3SC(=S)N(CCCC(=O)O)C3=O)cc2)c1. The van der Waals surface area contributed by atoms with Crippen molar-refractivity contribution in [3.8, 4) is 11.1 Å². The summed E-state index contributed by atoms with van der Waals surface area (Å²) in [7, 11) is 0. The van der Waals surface area contributed by atoms with E-state index in [1.165, 1.54) is 22.2 Å². The molecule has 1 heterocycles. The number of hydrogen-bond donors (Lipinski definition) is 1. The van der Waals surface area contributed by atoms with Crippen LogP contribution in [0.5, 0.6) is 0 Å². The number of thiocarbonyl (C=S) groups is 1. The zero-order valence-corrected chi connectivity index (χ0v) is 16.5. The second kappa shape index (κ2) is 8.50. The van der Waals surface area contributed by atoms with Crippen LogP contribution < -0.4 is 0 Å². The van der Waals surface area contributed by atoms with Crippen LogP contribution in [0.15, 0.2) is 53.4 Å². The minimum Gasteiger partial charge on any atom is -0.481 e. The Kier molecular flexibility index (Phi) is 6.08. The Labute approximate surface area is 167 Å². The van der Waals surface area contributed by atoms with E-state index in [0.717, 1.165) is 16.7 Å². The molecule has 1 amide bonds. The molecule has 2 aromatic rings. The van der Waals surface area contributed by atoms with Gasteiger partial charge >= 0.3 is 5.97 Å². The van der Waals surface area contributed by atoms with Crippen molar-refractivity contribution in [2.45, 2.75) is 19.8 Å². The number of hydrogen-bond acceptors (Lipinski definition) is 4. The first kappa shape index (κ1) is 19.3. The van der Waals surface area contributed by atoms with Crippen molar-refractivity contribution < 1.29 is 14.7 Å². The molecule has 1 saturated heterocycles. The third-order valence-corrected chi connectivity index (χ3v) is 5.58. The van der Waals surface area contributed by atoms with Gasteiger partial charge in [0.25, 0.3) is 5.91 Å². The molecule has 138 valence electrons. The van der Waals surface area contributed by atoms with Gasteiger partial charge in [-0.15, -0.1) is 0 Å². The van der Waals surface area contributed by atoms with Gasteiger partial charge in [0.05, 0.1) is 4.91 Å². The molecule has 0 atom stereocenters. The summed E-state index contributed by atoms with van der Waals surface area (Å²) in [6.45, 7) is 2.40. The van der Waals surface area contributed by atoms with Gasteiger partial charge in [-0.2, -0.15) is 0 Å². The van der Waals surface area contributed by atoms with Crippen LogP contribution in [0.3, 0.4) is 0 Å². The standard InChI is InChI=1S/C21H19NO3S2/c1-14-4-2-5-17(12-14)16-9-7-15(8-10-16)13-18-20(25)22(21(26)27-18)11-3-6-19(23)24/h2,4-5,7-10,12-13H,3,6,11H2,1H3,(H,23,24). The van der Waals surface area contributed by atoms with Crippen LogP contribution >= 0.6 is 24.0 Å². The van der Waals surface area contributed by atoms with E-state index in [9.17, 15) is 9.59 Å². The van der Waals surface area contributed by atoms with Crippen molar-refractivity contribution in [2.24, 2.45) is 0 Å². The van der Waals surface area contributed by atoms with E-state index in [2.05, 4.69) is 25.1 Å². The summed E-state index contributed by atoms with van der Waals surface area (Å²) in [5, 5.41) is 8.73. The highest BCUT2D eigenvalue weighted by Gasteiger charge is 2.31. The predicted octanol–water partition coefficient (Wildman–Crippen LogP) is 4.73. The van der Waals surface area contributed by atoms with E-state index >= 15 is 0 Å². The lowest BCUT2D eigenvalue weighted by atomic mass is 10.0. The van der Waals surface area contributed by atoms with E-state index in [-0.39, 0.29) is 12.3 Å². The Morgan fingerprint density at radius 3 is 2.59 bits per heavy atom. The van der Waals surface area contributed by atoms with Gasteiger partial charge < -0.3 is 5.11 Å². The molecular formula is C21H19NO3S2. The summed E-state index contributed by atoms with van der Waals surface area (Å²) in [5.41, 5.74) is 4.42. The van der Waals surface area contributed by atoms with Crippen LogP contribution in [0.25, 0.3) is 17.2 Å². The monoisotopic (exact) mass is 397 g/mol. The zero-order valence-electron chi connectivity index (χ0n) is 14.8. The second-order valence-corrected chi connectivity index (χ2v) is 8.00. The third kappa shape index (κ3) is 4.84. The Hall–Kier alpha value is -2.44. The highest BCUT2D eigenvalue weighted by atomic mass is 32.2. The first-order chi connectivity index (χ1) is 12.9. The van der Waals surface area contributed by atoms with Crippen molar-refractivity contribution in [1.29, 1.82) is 0 Å². The zero-order chi connectivity index (χ0) is 19.4. The van der Waals surface area contributed by atoms with E-state index in [1.54, 1.807) is 0 Å². The van der Waals surface area contributed by atoms with Gasteiger partial charge in [0.1, 0.15) is 4.32 Å². The number of benzene rings is 2. The lowest BCUT2D eigenvalue weighted by molar-refractivity contribution is -0.137. The number of carbonyl (C=O) groups excluding carboxylic acids is 1. The number of thioether (sulfide) groups is 1. The fourth-order valence-electron chi connectivity index (χ4n) is 2.83. The van der Waals surface area contributed by atoms with Crippen LogP contribution in [0.2, 0.25) is 0 Å². The van der Waals surface area contributed by atoms with Gasteiger partial charge in [0, 0.05) is 13.0 Å². The molecule has 1 aliphatic rings. The number of carboxylic acid groups (broad SMARTS) is 1. The van der Waals surface area contributed by atoms with Crippen LogP contribution in [0, 0.1) is 6.92 Å². The molecule has 0 aliphatic carbocycles. The molecule has 1 fully saturated rings. The van der Waals surface area contributed by atoms with Crippen LogP contribution in [0.1, 0.15) is 24.0 Å². The molecule has 0 radical (unpaired) electrons. The maximum Gasteiger partial charge on any atom is 0.303 e. The Balaban J connectivity index is 1.72. The molecule has 0 unspecified atom stereocenters. The molecular weight excluding hydrogens is 378 g/mol. The number of aliphatic carboxylic acids is 1. The summed E-state index contributed by atoms with van der Waals surface area (Å²) in [6, 6.07) is 16.3. The fourth-order valence-corrected chi connectivity index (χ4v) is 4.14. The molecule has 0 aromatic heterocycles. The van der Waals surface area contributed by atoms with Crippen LogP contribution in [-0.4, -0.2) is 32.7 Å². The average Bonchev–Trinajstić information content (AvgIpc) is 2.89. The summed E-state index contributed by atoms with van der Waals surface area (Å²) in [5.74, 6) is -1.03. The largest absolute Gasteiger partial charge is 0.481 e. The maximum atomic E-state index is 12.5. The third-order valence-electron chi connectivity index (χ3n) is 4.21. The molecule has 4 nitrogen and oxygen atoms in total. The number of nitrogens with zero attached hydrogens (tertiary/aromatic N) is 1. The lowest BCUT2D eigenvalue weighted by Gasteiger charge is -2.13. The number of aryl methyl sites for hydroxylation is 1. The first-order valence-corrected chi connectivity index (χ1v) is 9.81. The van der Waals surface area contributed by atoms with Crippen LogP contribution in [0.4, 0.5) is 0 Å². The Bertz CT molecular complexity index is 919. The quantitative estimate of drug-likeness (QED) is 0.564. The number of carbonyl (C=O) groups is 2. The van der Waals surface area contributed by atoms with Crippen molar-refractivity contribution in [2.75, 3.05) is 6.54 Å². The maximum absolute atomic E-state index is 12.5. The van der Waals surface area contributed by atoms with Crippen molar-refractivity contribution >= 4 is 46.3 Å². The second-order valence-electron chi connectivity index (χ2n) is 6.32. The van der Waals surface area contributed by atoms with Gasteiger partial charge in [-0.3, -0.25) is 14.5 Å². The molecule has 0 bridgehead atoms. The van der Waals surface area contributed by atoms with Crippen molar-refractivity contribution in [3.63, 3.8) is 0 Å². The van der Waals surface area contributed by atoms with Crippen molar-refractivity contribution in [3.05, 3.63) is 64.6 Å². The highest BCUT2D eigenvalue weighted by Crippen LogP contribution is 2.33. The summed E-state index contributed by atoms with van der Waals surface area (Å²) < 4.78 is 0.480. The van der Waals surface area contributed by atoms with E-state index in [0.29, 0.717) is 22.2 Å². The fraction of sp³-hybridized carbons (Fsp3) is 0.190. The molecule has 1 aliphatic heterocycles. The van der Waals surface area contributed by atoms with E-state index in [1.807, 2.05) is 36.4 Å². The summed E-state index contributed by atoms with van der Waals surface area (Å²) in [4.78, 5) is 25.2. The molecule has 6 heteroatoms. The van der Waals surface area contributed by atoms with Gasteiger partial charge in [0.2, 0.25) is 0 Å². The minimum absolute atomic E-state index is 0.0243. The number of rotatable bonds is 6.